The molecule has 0 saturated heterocycles. The van der Waals surface area contributed by atoms with E-state index in [0.717, 1.165) is 30.8 Å². The molecular formula is C17H26OS. The molecule has 0 aromatic heterocycles. The van der Waals surface area contributed by atoms with Crippen LogP contribution >= 0.6 is 11.8 Å². The molecule has 2 heteroatoms. The first-order valence-corrected chi connectivity index (χ1v) is 8.34. The van der Waals surface area contributed by atoms with Crippen LogP contribution in [0.4, 0.5) is 0 Å². The van der Waals surface area contributed by atoms with Crippen molar-refractivity contribution in [2.24, 2.45) is 0 Å². The molecule has 0 amide bonds. The van der Waals surface area contributed by atoms with Crippen molar-refractivity contribution in [2.45, 2.75) is 61.9 Å². The maximum absolute atomic E-state index is 10.3. The van der Waals surface area contributed by atoms with Gasteiger partial charge in [0.1, 0.15) is 6.29 Å². The number of carbonyl (C=O) groups excluding carboxylic acids is 1. The lowest BCUT2D eigenvalue weighted by atomic mass is 10.1. The Morgan fingerprint density at radius 3 is 2.89 bits per heavy atom. The van der Waals surface area contributed by atoms with Gasteiger partial charge in [-0.3, -0.25) is 0 Å². The van der Waals surface area contributed by atoms with Gasteiger partial charge in [0, 0.05) is 16.9 Å². The molecule has 1 nitrogen and oxygen atoms in total. The minimum absolute atomic E-state index is 0.675. The van der Waals surface area contributed by atoms with E-state index in [9.17, 15) is 4.79 Å². The zero-order valence-corrected chi connectivity index (χ0v) is 12.6. The van der Waals surface area contributed by atoms with Gasteiger partial charge in [0.15, 0.2) is 0 Å². The molecule has 0 aliphatic carbocycles. The van der Waals surface area contributed by atoms with Crippen molar-refractivity contribution in [2.75, 3.05) is 0 Å². The van der Waals surface area contributed by atoms with E-state index in [1.165, 1.54) is 32.1 Å². The van der Waals surface area contributed by atoms with Gasteiger partial charge in [-0.1, -0.05) is 43.4 Å². The number of hydrogen-bond acceptors (Lipinski definition) is 2. The zero-order valence-electron chi connectivity index (χ0n) is 11.8. The molecule has 1 rings (SSSR count). The van der Waals surface area contributed by atoms with Gasteiger partial charge in [-0.05, 0) is 38.5 Å². The number of thioether (sulfide) groups is 1. The summed E-state index contributed by atoms with van der Waals surface area (Å²) in [6, 6.07) is 0. The Morgan fingerprint density at radius 1 is 1.21 bits per heavy atom. The Hall–Kier alpha value is -0.760. The standard InChI is InChI=1S/C17H26OS/c1-2-3-4-5-7-11-16-13-10-14-17(19-16)12-8-6-9-15-18/h2-4,10,14-17H,1,5-9,11-13H2/b4-3+. The SMILES string of the molecule is C=C/C=C/CCCC1CC=CC(CCCCC=O)S1. The van der Waals surface area contributed by atoms with Gasteiger partial charge in [0.25, 0.3) is 0 Å². The molecule has 0 N–H and O–H groups in total. The van der Waals surface area contributed by atoms with Gasteiger partial charge in [0.2, 0.25) is 0 Å². The number of unbranched alkanes of at least 4 members (excludes halogenated alkanes) is 3. The molecule has 0 aromatic carbocycles. The third-order valence-electron chi connectivity index (χ3n) is 3.35. The molecule has 1 aliphatic heterocycles. The van der Waals surface area contributed by atoms with E-state index < -0.39 is 0 Å². The molecule has 1 heterocycles. The van der Waals surface area contributed by atoms with Gasteiger partial charge >= 0.3 is 0 Å². The first-order valence-electron chi connectivity index (χ1n) is 7.40. The van der Waals surface area contributed by atoms with Crippen LogP contribution in [0.5, 0.6) is 0 Å². The lowest BCUT2D eigenvalue weighted by Gasteiger charge is -2.24. The molecule has 106 valence electrons. The molecule has 0 bridgehead atoms. The van der Waals surface area contributed by atoms with Crippen molar-refractivity contribution in [1.29, 1.82) is 0 Å². The Balaban J connectivity index is 2.13. The van der Waals surface area contributed by atoms with Crippen LogP contribution in [0.3, 0.4) is 0 Å². The maximum Gasteiger partial charge on any atom is 0.119 e. The Morgan fingerprint density at radius 2 is 2.11 bits per heavy atom. The minimum Gasteiger partial charge on any atom is -0.303 e. The second-order valence-corrected chi connectivity index (χ2v) is 6.55. The topological polar surface area (TPSA) is 17.1 Å². The van der Waals surface area contributed by atoms with Crippen LogP contribution in [0.2, 0.25) is 0 Å². The van der Waals surface area contributed by atoms with Gasteiger partial charge in [-0.15, -0.1) is 0 Å². The quantitative estimate of drug-likeness (QED) is 0.240. The maximum atomic E-state index is 10.3. The van der Waals surface area contributed by atoms with E-state index in [2.05, 4.69) is 36.6 Å². The van der Waals surface area contributed by atoms with Gasteiger partial charge in [-0.2, -0.15) is 11.8 Å². The summed E-state index contributed by atoms with van der Waals surface area (Å²) < 4.78 is 0. The van der Waals surface area contributed by atoms with Crippen molar-refractivity contribution < 1.29 is 4.79 Å². The van der Waals surface area contributed by atoms with Crippen molar-refractivity contribution in [1.82, 2.24) is 0 Å². The molecule has 2 unspecified atom stereocenters. The molecule has 0 saturated carbocycles. The average molecular weight is 278 g/mol. The van der Waals surface area contributed by atoms with E-state index >= 15 is 0 Å². The summed E-state index contributed by atoms with van der Waals surface area (Å²) in [7, 11) is 0. The first-order chi connectivity index (χ1) is 9.36. The van der Waals surface area contributed by atoms with Crippen molar-refractivity contribution >= 4 is 18.0 Å². The number of allylic oxidation sites excluding steroid dienone is 4. The van der Waals surface area contributed by atoms with E-state index in [4.69, 9.17) is 0 Å². The molecule has 2 atom stereocenters. The normalized spacial score (nSPS) is 22.7. The first kappa shape index (κ1) is 16.3. The van der Waals surface area contributed by atoms with Gasteiger partial charge in [0.05, 0.1) is 0 Å². The van der Waals surface area contributed by atoms with Crippen molar-refractivity contribution in [3.8, 4) is 0 Å². The highest BCUT2D eigenvalue weighted by molar-refractivity contribution is 8.00. The number of rotatable bonds is 10. The van der Waals surface area contributed by atoms with Gasteiger partial charge in [-0.25, -0.2) is 0 Å². The second-order valence-electron chi connectivity index (χ2n) is 5.01. The fourth-order valence-electron chi connectivity index (χ4n) is 2.31. The zero-order chi connectivity index (χ0) is 13.8. The summed E-state index contributed by atoms with van der Waals surface area (Å²) in [5.74, 6) is 0. The molecule has 19 heavy (non-hydrogen) atoms. The van der Waals surface area contributed by atoms with E-state index in [0.29, 0.717) is 5.25 Å². The third kappa shape index (κ3) is 8.10. The average Bonchev–Trinajstić information content (AvgIpc) is 2.44. The lowest BCUT2D eigenvalue weighted by molar-refractivity contribution is -0.107. The van der Waals surface area contributed by atoms with Crippen LogP contribution in [-0.2, 0) is 4.79 Å². The summed E-state index contributed by atoms with van der Waals surface area (Å²) in [5.41, 5.74) is 0. The molecule has 0 spiro atoms. The summed E-state index contributed by atoms with van der Waals surface area (Å²) in [4.78, 5) is 10.3. The van der Waals surface area contributed by atoms with Crippen molar-refractivity contribution in [3.05, 3.63) is 37.0 Å². The number of aldehydes is 1. The molecule has 0 fully saturated rings. The fraction of sp³-hybridized carbons (Fsp3) is 0.588. The third-order valence-corrected chi connectivity index (χ3v) is 4.90. The Labute approximate surface area is 122 Å². The van der Waals surface area contributed by atoms with Crippen LogP contribution in [0.1, 0.15) is 51.4 Å². The van der Waals surface area contributed by atoms with Crippen LogP contribution in [-0.4, -0.2) is 16.8 Å². The van der Waals surface area contributed by atoms with E-state index in [1.54, 1.807) is 0 Å². The highest BCUT2D eigenvalue weighted by atomic mass is 32.2. The van der Waals surface area contributed by atoms with Crippen LogP contribution in [0, 0.1) is 0 Å². The molecule has 0 radical (unpaired) electrons. The largest absolute Gasteiger partial charge is 0.303 e. The van der Waals surface area contributed by atoms with E-state index in [-0.39, 0.29) is 0 Å². The van der Waals surface area contributed by atoms with Crippen LogP contribution in [0.15, 0.2) is 37.0 Å². The van der Waals surface area contributed by atoms with Gasteiger partial charge < -0.3 is 4.79 Å². The van der Waals surface area contributed by atoms with E-state index in [1.807, 2.05) is 12.2 Å². The van der Waals surface area contributed by atoms with Crippen molar-refractivity contribution in [3.63, 3.8) is 0 Å². The summed E-state index contributed by atoms with van der Waals surface area (Å²) in [6.07, 6.45) is 21.0. The molecular weight excluding hydrogens is 252 g/mol. The Kier molecular flexibility index (Phi) is 9.52. The highest BCUT2D eigenvalue weighted by Gasteiger charge is 2.17. The fourth-order valence-corrected chi connectivity index (χ4v) is 3.83. The lowest BCUT2D eigenvalue weighted by Crippen LogP contribution is -2.13. The summed E-state index contributed by atoms with van der Waals surface area (Å²) in [5, 5.41) is 1.47. The summed E-state index contributed by atoms with van der Waals surface area (Å²) >= 11 is 2.13. The van der Waals surface area contributed by atoms with Crippen LogP contribution < -0.4 is 0 Å². The monoisotopic (exact) mass is 278 g/mol. The smallest absolute Gasteiger partial charge is 0.119 e. The Bertz CT molecular complexity index is 306. The highest BCUT2D eigenvalue weighted by Crippen LogP contribution is 2.33. The second kappa shape index (κ2) is 11.1. The predicted octanol–water partition coefficient (Wildman–Crippen LogP) is 5.09. The van der Waals surface area contributed by atoms with Crippen LogP contribution in [0.25, 0.3) is 0 Å². The predicted molar refractivity (Wildman–Crippen MR) is 86.6 cm³/mol. The number of carbonyl (C=O) groups is 1. The molecule has 1 aliphatic rings. The number of hydrogen-bond donors (Lipinski definition) is 0. The molecule has 0 aromatic rings. The summed E-state index contributed by atoms with van der Waals surface area (Å²) in [6.45, 7) is 3.68. The minimum atomic E-state index is 0.675.